The number of unbranched alkanes of at least 4 members (excludes halogenated alkanes) is 13. The Morgan fingerprint density at radius 1 is 0.862 bits per heavy atom. The molecule has 0 unspecified atom stereocenters. The second-order valence-electron chi connectivity index (χ2n) is 7.95. The molecule has 164 valence electrons. The molecule has 5 nitrogen and oxygen atoms in total. The summed E-state index contributed by atoms with van der Waals surface area (Å²) >= 11 is 0. The highest BCUT2D eigenvalue weighted by atomic mass is 16.5. The van der Waals surface area contributed by atoms with Gasteiger partial charge in [-0.3, -0.25) is 4.79 Å². The fraction of sp³-hybridized carbons (Fsp3) is 0.708. The molecule has 0 radical (unpaired) electrons. The third-order valence-corrected chi connectivity index (χ3v) is 5.22. The summed E-state index contributed by atoms with van der Waals surface area (Å²) in [5.74, 6) is -0.790. The van der Waals surface area contributed by atoms with Crippen LogP contribution >= 0.6 is 0 Å². The maximum Gasteiger partial charge on any atom is 0.372 e. The van der Waals surface area contributed by atoms with E-state index in [1.807, 2.05) is 0 Å². The Kier molecular flexibility index (Phi) is 14.7. The molecule has 29 heavy (non-hydrogen) atoms. The lowest BCUT2D eigenvalue weighted by atomic mass is 10.0. The van der Waals surface area contributed by atoms with Gasteiger partial charge in [0.05, 0.1) is 6.61 Å². The van der Waals surface area contributed by atoms with Crippen LogP contribution in [-0.4, -0.2) is 18.5 Å². The van der Waals surface area contributed by atoms with Gasteiger partial charge in [-0.25, -0.2) is 4.79 Å². The molecular weight excluding hydrogens is 364 g/mol. The molecule has 1 heterocycles. The first kappa shape index (κ1) is 25.1. The lowest BCUT2D eigenvalue weighted by molar-refractivity contribution is -0.686. The Labute approximate surface area is 177 Å². The average Bonchev–Trinajstić information content (AvgIpc) is 2.71. The Bertz CT molecular complexity index is 575. The van der Waals surface area contributed by atoms with Crippen molar-refractivity contribution in [2.75, 3.05) is 6.61 Å². The maximum absolute atomic E-state index is 11.9. The highest BCUT2D eigenvalue weighted by molar-refractivity contribution is 5.92. The van der Waals surface area contributed by atoms with Crippen LogP contribution in [0.1, 0.15) is 107 Å². The number of hydrogen-bond donors (Lipinski definition) is 1. The van der Waals surface area contributed by atoms with E-state index in [1.165, 1.54) is 77.0 Å². The van der Waals surface area contributed by atoms with Crippen LogP contribution in [-0.2, 0) is 16.1 Å². The molecule has 0 aliphatic carbocycles. The zero-order valence-corrected chi connectivity index (χ0v) is 18.4. The largest absolute Gasteiger partial charge is 0.461 e. The predicted octanol–water partition coefficient (Wildman–Crippen LogP) is 5.10. The van der Waals surface area contributed by atoms with Gasteiger partial charge in [-0.2, -0.15) is 4.57 Å². The topological polar surface area (TPSA) is 73.3 Å². The quantitative estimate of drug-likeness (QED) is 0.210. The number of rotatable bonds is 18. The number of amides is 1. The second kappa shape index (κ2) is 17.0. The molecule has 1 amide bonds. The number of hydrogen-bond acceptors (Lipinski definition) is 3. The smallest absolute Gasteiger partial charge is 0.372 e. The number of carbonyl (C=O) groups is 2. The Hall–Kier alpha value is -1.91. The summed E-state index contributed by atoms with van der Waals surface area (Å²) in [5.41, 5.74) is 5.63. The van der Waals surface area contributed by atoms with Crippen LogP contribution in [0.25, 0.3) is 0 Å². The van der Waals surface area contributed by atoms with Crippen molar-refractivity contribution in [2.45, 2.75) is 103 Å². The van der Waals surface area contributed by atoms with Crippen LogP contribution in [0.3, 0.4) is 0 Å². The summed E-state index contributed by atoms with van der Waals surface area (Å²) in [6.45, 7) is 2.83. The van der Waals surface area contributed by atoms with Crippen molar-refractivity contribution in [3.63, 3.8) is 0 Å². The summed E-state index contributed by atoms with van der Waals surface area (Å²) in [5, 5.41) is 0. The number of carbonyl (C=O) groups excluding carboxylic acids is 2. The first-order valence-corrected chi connectivity index (χ1v) is 11.6. The van der Waals surface area contributed by atoms with Gasteiger partial charge >= 0.3 is 5.97 Å². The van der Waals surface area contributed by atoms with Crippen molar-refractivity contribution >= 4 is 11.9 Å². The molecule has 1 aromatic heterocycles. The summed E-state index contributed by atoms with van der Waals surface area (Å²) in [4.78, 5) is 23.0. The molecule has 0 atom stereocenters. The van der Waals surface area contributed by atoms with Gasteiger partial charge in [-0.15, -0.1) is 0 Å². The molecule has 5 heteroatoms. The van der Waals surface area contributed by atoms with Crippen molar-refractivity contribution in [2.24, 2.45) is 5.73 Å². The summed E-state index contributed by atoms with van der Waals surface area (Å²) < 4.78 is 6.90. The summed E-state index contributed by atoms with van der Waals surface area (Å²) in [6.07, 6.45) is 21.6. The molecule has 0 fully saturated rings. The van der Waals surface area contributed by atoms with Gasteiger partial charge in [0, 0.05) is 6.07 Å². The van der Waals surface area contributed by atoms with E-state index in [1.54, 1.807) is 29.1 Å². The number of nitrogens with zero attached hydrogens (tertiary/aromatic N) is 1. The number of esters is 1. The van der Waals surface area contributed by atoms with Crippen LogP contribution < -0.4 is 10.3 Å². The fourth-order valence-corrected chi connectivity index (χ4v) is 3.44. The third kappa shape index (κ3) is 13.8. The minimum absolute atomic E-state index is 0.0969. The second-order valence-corrected chi connectivity index (χ2v) is 7.95. The molecule has 0 saturated heterocycles. The predicted molar refractivity (Wildman–Crippen MR) is 116 cm³/mol. The lowest BCUT2D eigenvalue weighted by Gasteiger charge is -2.04. The van der Waals surface area contributed by atoms with E-state index in [0.29, 0.717) is 12.2 Å². The van der Waals surface area contributed by atoms with Crippen molar-refractivity contribution in [3.05, 3.63) is 30.1 Å². The molecule has 2 N–H and O–H groups in total. The minimum Gasteiger partial charge on any atom is -0.461 e. The van der Waals surface area contributed by atoms with E-state index in [9.17, 15) is 9.59 Å². The molecule has 0 aliphatic rings. The molecule has 0 aromatic carbocycles. The van der Waals surface area contributed by atoms with Crippen LogP contribution in [0, 0.1) is 0 Å². The minimum atomic E-state index is -0.505. The van der Waals surface area contributed by atoms with E-state index in [0.717, 1.165) is 12.8 Å². The standard InChI is InChI=1S/C24H40N2O3/c1-2-3-4-5-6-7-8-9-10-11-12-13-14-15-19-29-23(27)21-26-18-16-17-22(20-26)24(25)28/h16-18,20H,2-15,19,21H2,1H3,(H-,25,28)/p+1. The van der Waals surface area contributed by atoms with Gasteiger partial charge in [0.1, 0.15) is 5.56 Å². The van der Waals surface area contributed by atoms with Gasteiger partial charge in [-0.05, 0) is 12.5 Å². The fourth-order valence-electron chi connectivity index (χ4n) is 3.44. The summed E-state index contributed by atoms with van der Waals surface area (Å²) in [6, 6.07) is 3.32. The molecule has 1 rings (SSSR count). The van der Waals surface area contributed by atoms with Crippen molar-refractivity contribution in [3.8, 4) is 0 Å². The van der Waals surface area contributed by atoms with Crippen LogP contribution in [0.15, 0.2) is 24.5 Å². The van der Waals surface area contributed by atoms with E-state index < -0.39 is 5.91 Å². The zero-order valence-electron chi connectivity index (χ0n) is 18.4. The SMILES string of the molecule is CCCCCCCCCCCCCCCCOC(=O)C[n+]1cccc(C(N)=O)c1. The Balaban J connectivity index is 1.90. The Morgan fingerprint density at radius 3 is 1.90 bits per heavy atom. The first-order chi connectivity index (χ1) is 14.1. The average molecular weight is 406 g/mol. The highest BCUT2D eigenvalue weighted by Gasteiger charge is 2.12. The first-order valence-electron chi connectivity index (χ1n) is 11.6. The third-order valence-electron chi connectivity index (χ3n) is 5.22. The molecule has 1 aromatic rings. The monoisotopic (exact) mass is 405 g/mol. The Morgan fingerprint density at radius 2 is 1.38 bits per heavy atom. The normalized spacial score (nSPS) is 10.8. The van der Waals surface area contributed by atoms with Crippen LogP contribution in [0.5, 0.6) is 0 Å². The number of ether oxygens (including phenoxy) is 1. The van der Waals surface area contributed by atoms with Crippen molar-refractivity contribution < 1.29 is 18.9 Å². The lowest BCUT2D eigenvalue weighted by Crippen LogP contribution is -2.39. The van der Waals surface area contributed by atoms with E-state index in [2.05, 4.69) is 6.92 Å². The summed E-state index contributed by atoms with van der Waals surface area (Å²) in [7, 11) is 0. The molecule has 0 aliphatic heterocycles. The van der Waals surface area contributed by atoms with Gasteiger partial charge in [0.15, 0.2) is 12.4 Å². The van der Waals surface area contributed by atoms with E-state index in [4.69, 9.17) is 10.5 Å². The van der Waals surface area contributed by atoms with Crippen molar-refractivity contribution in [1.29, 1.82) is 0 Å². The highest BCUT2D eigenvalue weighted by Crippen LogP contribution is 2.12. The van der Waals surface area contributed by atoms with Gasteiger partial charge in [-0.1, -0.05) is 90.4 Å². The van der Waals surface area contributed by atoms with Gasteiger partial charge < -0.3 is 10.5 Å². The molecular formula is C24H41N2O3+. The van der Waals surface area contributed by atoms with Crippen LogP contribution in [0.4, 0.5) is 0 Å². The number of primary amides is 1. The van der Waals surface area contributed by atoms with Crippen molar-refractivity contribution in [1.82, 2.24) is 0 Å². The van der Waals surface area contributed by atoms with E-state index >= 15 is 0 Å². The molecule has 0 saturated carbocycles. The molecule has 0 spiro atoms. The van der Waals surface area contributed by atoms with Gasteiger partial charge in [0.25, 0.3) is 5.91 Å². The number of nitrogens with two attached hydrogens (primary N) is 1. The van der Waals surface area contributed by atoms with E-state index in [-0.39, 0.29) is 12.5 Å². The van der Waals surface area contributed by atoms with Gasteiger partial charge in [0.2, 0.25) is 6.54 Å². The zero-order chi connectivity index (χ0) is 21.2. The van der Waals surface area contributed by atoms with Crippen LogP contribution in [0.2, 0.25) is 0 Å². The number of aromatic nitrogens is 1. The maximum atomic E-state index is 11.9. The number of pyridine rings is 1. The molecule has 0 bridgehead atoms.